The van der Waals surface area contributed by atoms with Gasteiger partial charge in [-0.3, -0.25) is 9.52 Å². The van der Waals surface area contributed by atoms with Gasteiger partial charge in [0.25, 0.3) is 5.91 Å². The molecule has 0 unspecified atom stereocenters. The van der Waals surface area contributed by atoms with Crippen LogP contribution in [0.3, 0.4) is 0 Å². The molecule has 0 aliphatic carbocycles. The number of amides is 1. The van der Waals surface area contributed by atoms with Crippen molar-refractivity contribution in [3.8, 4) is 0 Å². The number of sulfonamides is 1. The van der Waals surface area contributed by atoms with Crippen molar-refractivity contribution in [1.29, 1.82) is 0 Å². The van der Waals surface area contributed by atoms with Crippen LogP contribution in [0, 0.1) is 0 Å². The van der Waals surface area contributed by atoms with Gasteiger partial charge >= 0.3 is 0 Å². The van der Waals surface area contributed by atoms with Crippen molar-refractivity contribution in [3.63, 3.8) is 0 Å². The Morgan fingerprint density at radius 1 is 1.17 bits per heavy atom. The number of benzene rings is 1. The van der Waals surface area contributed by atoms with Gasteiger partial charge in [-0.05, 0) is 31.4 Å². The average molecular weight is 378 g/mol. The van der Waals surface area contributed by atoms with E-state index in [4.69, 9.17) is 5.73 Å². The summed E-state index contributed by atoms with van der Waals surface area (Å²) in [5.74, 6) is -0.322. The van der Waals surface area contributed by atoms with Gasteiger partial charge < -0.3 is 11.1 Å². The van der Waals surface area contributed by atoms with Gasteiger partial charge in [0.1, 0.15) is 0 Å². The predicted octanol–water partition coefficient (Wildman–Crippen LogP) is 2.51. The lowest BCUT2D eigenvalue weighted by Gasteiger charge is -2.27. The van der Waals surface area contributed by atoms with Gasteiger partial charge in [0.05, 0.1) is 17.0 Å². The molecular formula is C16H28ClN3O3S. The number of rotatable bonds is 9. The average Bonchev–Trinajstić information content (AvgIpc) is 2.52. The lowest BCUT2D eigenvalue weighted by atomic mass is 9.94. The second kappa shape index (κ2) is 9.86. The number of hydrogen-bond acceptors (Lipinski definition) is 4. The Morgan fingerprint density at radius 2 is 1.75 bits per heavy atom. The van der Waals surface area contributed by atoms with Crippen LogP contribution in [0.5, 0.6) is 0 Å². The van der Waals surface area contributed by atoms with E-state index in [1.165, 1.54) is 0 Å². The van der Waals surface area contributed by atoms with E-state index in [1.807, 2.05) is 13.8 Å². The third-order valence-electron chi connectivity index (χ3n) is 3.92. The topological polar surface area (TPSA) is 101 Å². The maximum Gasteiger partial charge on any atom is 0.253 e. The summed E-state index contributed by atoms with van der Waals surface area (Å²) in [6.07, 6.45) is 2.00. The minimum atomic E-state index is -3.45. The van der Waals surface area contributed by atoms with E-state index in [0.717, 1.165) is 12.8 Å². The molecule has 1 rings (SSSR count). The Morgan fingerprint density at radius 3 is 2.29 bits per heavy atom. The molecule has 0 heterocycles. The molecule has 0 saturated heterocycles. The van der Waals surface area contributed by atoms with Gasteiger partial charge in [-0.15, -0.1) is 12.4 Å². The van der Waals surface area contributed by atoms with Crippen LogP contribution in [-0.2, 0) is 10.0 Å². The zero-order valence-corrected chi connectivity index (χ0v) is 16.1. The zero-order chi connectivity index (χ0) is 17.5. The fourth-order valence-corrected chi connectivity index (χ4v) is 3.26. The molecule has 0 aliphatic rings. The summed E-state index contributed by atoms with van der Waals surface area (Å²) in [7, 11) is -3.45. The van der Waals surface area contributed by atoms with Gasteiger partial charge in [-0.2, -0.15) is 0 Å². The van der Waals surface area contributed by atoms with E-state index in [2.05, 4.69) is 10.0 Å². The van der Waals surface area contributed by atoms with Gasteiger partial charge in [0, 0.05) is 12.1 Å². The van der Waals surface area contributed by atoms with Crippen LogP contribution in [0.1, 0.15) is 50.4 Å². The molecule has 1 aromatic rings. The smallest absolute Gasteiger partial charge is 0.253 e. The summed E-state index contributed by atoms with van der Waals surface area (Å²) in [5, 5.41) is 2.80. The summed E-state index contributed by atoms with van der Waals surface area (Å²) < 4.78 is 26.3. The number of halogens is 1. The Bertz CT molecular complexity index is 631. The summed E-state index contributed by atoms with van der Waals surface area (Å²) in [6, 6.07) is 6.56. The highest BCUT2D eigenvalue weighted by Gasteiger charge is 2.22. The number of hydrogen-bond donors (Lipinski definition) is 3. The van der Waals surface area contributed by atoms with Crippen LogP contribution in [0.25, 0.3) is 0 Å². The molecule has 0 aliphatic heterocycles. The first-order chi connectivity index (χ1) is 10.8. The number of nitrogens with one attached hydrogen (secondary N) is 2. The van der Waals surface area contributed by atoms with Crippen LogP contribution in [0.2, 0.25) is 0 Å². The maximum atomic E-state index is 12.4. The normalized spacial score (nSPS) is 11.5. The molecule has 0 atom stereocenters. The summed E-state index contributed by atoms with van der Waals surface area (Å²) in [4.78, 5) is 12.4. The van der Waals surface area contributed by atoms with Crippen molar-refractivity contribution in [2.45, 2.75) is 45.6 Å². The second-order valence-corrected chi connectivity index (χ2v) is 7.56. The van der Waals surface area contributed by atoms with E-state index in [9.17, 15) is 13.2 Å². The highest BCUT2D eigenvalue weighted by atomic mass is 35.5. The van der Waals surface area contributed by atoms with E-state index < -0.39 is 15.6 Å². The first kappa shape index (κ1) is 22.7. The number of para-hydroxylation sites is 1. The molecule has 4 N–H and O–H groups in total. The second-order valence-electron chi connectivity index (χ2n) is 5.72. The highest BCUT2D eigenvalue weighted by molar-refractivity contribution is 7.92. The van der Waals surface area contributed by atoms with Crippen LogP contribution >= 0.6 is 12.4 Å². The fourth-order valence-electron chi connectivity index (χ4n) is 2.11. The van der Waals surface area contributed by atoms with Crippen molar-refractivity contribution in [2.75, 3.05) is 17.0 Å². The first-order valence-corrected chi connectivity index (χ1v) is 9.58. The number of carbonyl (C=O) groups excluding carboxylic acids is 1. The van der Waals surface area contributed by atoms with Gasteiger partial charge in [-0.25, -0.2) is 8.42 Å². The van der Waals surface area contributed by atoms with Crippen molar-refractivity contribution >= 4 is 34.0 Å². The number of anilines is 1. The van der Waals surface area contributed by atoms with Crippen LogP contribution in [0.4, 0.5) is 5.69 Å². The van der Waals surface area contributed by atoms with Crippen LogP contribution in [0.15, 0.2) is 24.3 Å². The molecule has 1 amide bonds. The summed E-state index contributed by atoms with van der Waals surface area (Å²) in [6.45, 7) is 6.08. The van der Waals surface area contributed by atoms with Crippen molar-refractivity contribution in [2.24, 2.45) is 5.73 Å². The van der Waals surface area contributed by atoms with E-state index in [1.54, 1.807) is 31.2 Å². The lowest BCUT2D eigenvalue weighted by Crippen LogP contribution is -2.49. The monoisotopic (exact) mass is 377 g/mol. The summed E-state index contributed by atoms with van der Waals surface area (Å²) >= 11 is 0. The highest BCUT2D eigenvalue weighted by Crippen LogP contribution is 2.17. The standard InChI is InChI=1S/C16H27N3O3S.ClH/c1-4-11-23(21,22)19-14-10-8-7-9-13(14)15(20)18-12-16(17,5-2)6-3;/h7-10,19H,4-6,11-12,17H2,1-3H3,(H,18,20);1H. The molecule has 0 bridgehead atoms. The molecule has 0 aromatic heterocycles. The molecule has 6 nitrogen and oxygen atoms in total. The maximum absolute atomic E-state index is 12.4. The van der Waals surface area contributed by atoms with Gasteiger partial charge in [-0.1, -0.05) is 32.9 Å². The third-order valence-corrected chi connectivity index (χ3v) is 5.40. The summed E-state index contributed by atoms with van der Waals surface area (Å²) in [5.41, 5.74) is 6.30. The molecule has 138 valence electrons. The lowest BCUT2D eigenvalue weighted by molar-refractivity contribution is 0.0943. The van der Waals surface area contributed by atoms with Crippen LogP contribution in [-0.4, -0.2) is 32.2 Å². The first-order valence-electron chi connectivity index (χ1n) is 7.93. The molecule has 1 aromatic carbocycles. The molecule has 0 saturated carbocycles. The van der Waals surface area contributed by atoms with Crippen molar-refractivity contribution < 1.29 is 13.2 Å². The fraction of sp³-hybridized carbons (Fsp3) is 0.562. The molecular weight excluding hydrogens is 350 g/mol. The van der Waals surface area contributed by atoms with Gasteiger partial charge in [0.2, 0.25) is 10.0 Å². The number of nitrogens with two attached hydrogens (primary N) is 1. The van der Waals surface area contributed by atoms with Gasteiger partial charge in [0.15, 0.2) is 0 Å². The van der Waals surface area contributed by atoms with Crippen molar-refractivity contribution in [3.05, 3.63) is 29.8 Å². The largest absolute Gasteiger partial charge is 0.350 e. The van der Waals surface area contributed by atoms with E-state index in [-0.39, 0.29) is 29.8 Å². The van der Waals surface area contributed by atoms with E-state index in [0.29, 0.717) is 18.5 Å². The van der Waals surface area contributed by atoms with E-state index >= 15 is 0 Å². The molecule has 0 fully saturated rings. The molecule has 24 heavy (non-hydrogen) atoms. The Labute approximate surface area is 151 Å². The third kappa shape index (κ3) is 6.67. The minimum absolute atomic E-state index is 0. The minimum Gasteiger partial charge on any atom is -0.350 e. The van der Waals surface area contributed by atoms with Crippen LogP contribution < -0.4 is 15.8 Å². The number of carbonyl (C=O) groups is 1. The predicted molar refractivity (Wildman–Crippen MR) is 101 cm³/mol. The molecule has 8 heteroatoms. The SMILES string of the molecule is CCCS(=O)(=O)Nc1ccccc1C(=O)NCC(N)(CC)CC.Cl. The Kier molecular flexibility index (Phi) is 9.32. The van der Waals surface area contributed by atoms with Crippen molar-refractivity contribution in [1.82, 2.24) is 5.32 Å². The Hall–Kier alpha value is -1.31. The Balaban J connectivity index is 0.00000529. The molecule has 0 spiro atoms. The molecule has 0 radical (unpaired) electrons. The quantitative estimate of drug-likeness (QED) is 0.615. The zero-order valence-electron chi connectivity index (χ0n) is 14.5.